The van der Waals surface area contributed by atoms with Crippen molar-refractivity contribution in [3.63, 3.8) is 0 Å². The molecule has 0 saturated heterocycles. The van der Waals surface area contributed by atoms with Crippen LogP contribution in [-0.2, 0) is 6.18 Å². The van der Waals surface area contributed by atoms with Gasteiger partial charge in [-0.2, -0.15) is 23.0 Å². The smallest absolute Gasteiger partial charge is 0.228 e. The van der Waals surface area contributed by atoms with Crippen LogP contribution in [0.5, 0.6) is 0 Å². The van der Waals surface area contributed by atoms with Gasteiger partial charge in [0.1, 0.15) is 0 Å². The molecule has 2 heterocycles. The summed E-state index contributed by atoms with van der Waals surface area (Å²) in [5.74, 6) is -0.0304. The number of benzene rings is 2. The van der Waals surface area contributed by atoms with E-state index in [2.05, 4.69) is 20.6 Å². The first-order chi connectivity index (χ1) is 13.8. The zero-order valence-electron chi connectivity index (χ0n) is 15.9. The van der Waals surface area contributed by atoms with Crippen LogP contribution in [0.1, 0.15) is 22.4 Å². The Balaban J connectivity index is 1.92. The number of aryl methyl sites for hydroxylation is 3. The topological polar surface area (TPSA) is 61.4 Å². The lowest BCUT2D eigenvalue weighted by atomic mass is 10.1. The van der Waals surface area contributed by atoms with Gasteiger partial charge in [-0.15, -0.1) is 5.10 Å². The quantitative estimate of drug-likeness (QED) is 0.511. The molecule has 4 rings (SSSR count). The fraction of sp³-hybridized carbons (Fsp3) is 0.200. The Labute approximate surface area is 164 Å². The molecule has 0 bridgehead atoms. The highest BCUT2D eigenvalue weighted by Gasteiger charge is 2.40. The Morgan fingerprint density at radius 2 is 1.55 bits per heavy atom. The van der Waals surface area contributed by atoms with Crippen LogP contribution < -0.4 is 0 Å². The molecule has 0 radical (unpaired) electrons. The molecule has 0 spiro atoms. The van der Waals surface area contributed by atoms with Crippen LogP contribution in [0.15, 0.2) is 48.7 Å². The second kappa shape index (κ2) is 6.84. The van der Waals surface area contributed by atoms with Gasteiger partial charge in [-0.1, -0.05) is 35.4 Å². The van der Waals surface area contributed by atoms with Crippen molar-refractivity contribution in [2.45, 2.75) is 26.9 Å². The van der Waals surface area contributed by atoms with Crippen molar-refractivity contribution in [3.05, 3.63) is 71.0 Å². The second-order valence-electron chi connectivity index (χ2n) is 6.86. The Bertz CT molecular complexity index is 1170. The van der Waals surface area contributed by atoms with Gasteiger partial charge < -0.3 is 0 Å². The van der Waals surface area contributed by atoms with E-state index >= 15 is 0 Å². The molecule has 0 N–H and O–H groups in total. The van der Waals surface area contributed by atoms with E-state index in [1.54, 1.807) is 31.2 Å². The number of rotatable bonds is 3. The van der Waals surface area contributed by atoms with E-state index in [1.807, 2.05) is 32.0 Å². The van der Waals surface area contributed by atoms with Gasteiger partial charge >= 0.3 is 6.18 Å². The largest absolute Gasteiger partial charge is 0.434 e. The summed E-state index contributed by atoms with van der Waals surface area (Å²) >= 11 is 0. The SMILES string of the molecule is Cc1ccc(-n2nnnc2-c2cnn(-c3ccc(C)cc3C)c2C(F)(F)F)cc1. The number of nitrogens with zero attached hydrogens (tertiary/aromatic N) is 6. The lowest BCUT2D eigenvalue weighted by Gasteiger charge is -2.14. The Hall–Kier alpha value is -3.49. The van der Waals surface area contributed by atoms with Crippen LogP contribution in [0, 0.1) is 20.8 Å². The van der Waals surface area contributed by atoms with Crippen LogP contribution in [0.3, 0.4) is 0 Å². The van der Waals surface area contributed by atoms with Gasteiger partial charge in [0, 0.05) is 0 Å². The lowest BCUT2D eigenvalue weighted by Crippen LogP contribution is -2.16. The van der Waals surface area contributed by atoms with Crippen LogP contribution >= 0.6 is 0 Å². The number of tetrazole rings is 1. The summed E-state index contributed by atoms with van der Waals surface area (Å²) in [4.78, 5) is 0. The van der Waals surface area contributed by atoms with Crippen molar-refractivity contribution in [1.82, 2.24) is 30.0 Å². The highest BCUT2D eigenvalue weighted by Crippen LogP contribution is 2.38. The van der Waals surface area contributed by atoms with Gasteiger partial charge in [0.15, 0.2) is 11.5 Å². The van der Waals surface area contributed by atoms with Crippen LogP contribution in [0.25, 0.3) is 22.8 Å². The fourth-order valence-corrected chi connectivity index (χ4v) is 3.23. The normalized spacial score (nSPS) is 11.8. The summed E-state index contributed by atoms with van der Waals surface area (Å²) in [5.41, 5.74) is 2.45. The predicted molar refractivity (Wildman–Crippen MR) is 101 cm³/mol. The van der Waals surface area contributed by atoms with Crippen molar-refractivity contribution in [2.75, 3.05) is 0 Å². The van der Waals surface area contributed by atoms with Gasteiger partial charge in [-0.05, 0) is 55.0 Å². The van der Waals surface area contributed by atoms with Crippen molar-refractivity contribution < 1.29 is 13.2 Å². The highest BCUT2D eigenvalue weighted by molar-refractivity contribution is 5.62. The van der Waals surface area contributed by atoms with Gasteiger partial charge in [0.25, 0.3) is 0 Å². The summed E-state index contributed by atoms with van der Waals surface area (Å²) in [7, 11) is 0. The molecule has 2 aromatic carbocycles. The van der Waals surface area contributed by atoms with E-state index in [9.17, 15) is 13.2 Å². The average molecular weight is 398 g/mol. The average Bonchev–Trinajstić information content (AvgIpc) is 3.28. The first kappa shape index (κ1) is 18.9. The predicted octanol–water partition coefficient (Wildman–Crippen LogP) is 4.46. The van der Waals surface area contributed by atoms with Gasteiger partial charge in [0.2, 0.25) is 0 Å². The number of alkyl halides is 3. The van der Waals surface area contributed by atoms with Crippen molar-refractivity contribution in [2.24, 2.45) is 0 Å². The monoisotopic (exact) mass is 398 g/mol. The zero-order valence-corrected chi connectivity index (χ0v) is 15.9. The van der Waals surface area contributed by atoms with Gasteiger partial charge in [-0.25, -0.2) is 4.68 Å². The Morgan fingerprint density at radius 1 is 0.862 bits per heavy atom. The van der Waals surface area contributed by atoms with Crippen LogP contribution in [0.2, 0.25) is 0 Å². The van der Waals surface area contributed by atoms with E-state index in [1.165, 1.54) is 4.68 Å². The van der Waals surface area contributed by atoms with Crippen molar-refractivity contribution in [3.8, 4) is 22.8 Å². The van der Waals surface area contributed by atoms with E-state index in [0.29, 0.717) is 16.9 Å². The molecular formula is C20H17F3N6. The number of halogens is 3. The maximum atomic E-state index is 14.1. The van der Waals surface area contributed by atoms with E-state index in [4.69, 9.17) is 0 Å². The molecule has 0 unspecified atom stereocenters. The molecule has 0 aliphatic heterocycles. The third-order valence-corrected chi connectivity index (χ3v) is 4.61. The maximum Gasteiger partial charge on any atom is 0.434 e. The van der Waals surface area contributed by atoms with Gasteiger partial charge in [-0.3, -0.25) is 0 Å². The summed E-state index contributed by atoms with van der Waals surface area (Å²) < 4.78 is 44.4. The molecule has 0 fully saturated rings. The third-order valence-electron chi connectivity index (χ3n) is 4.61. The van der Waals surface area contributed by atoms with Gasteiger partial charge in [0.05, 0.1) is 23.1 Å². The Morgan fingerprint density at radius 3 is 2.21 bits per heavy atom. The summed E-state index contributed by atoms with van der Waals surface area (Å²) in [6.07, 6.45) is -3.51. The first-order valence-corrected chi connectivity index (χ1v) is 8.84. The lowest BCUT2D eigenvalue weighted by molar-refractivity contribution is -0.142. The molecule has 2 aromatic heterocycles. The minimum absolute atomic E-state index is 0.0304. The maximum absolute atomic E-state index is 14.1. The molecule has 0 saturated carbocycles. The molecule has 0 aliphatic rings. The molecule has 29 heavy (non-hydrogen) atoms. The summed E-state index contributed by atoms with van der Waals surface area (Å²) in [6.45, 7) is 5.55. The second-order valence-corrected chi connectivity index (χ2v) is 6.86. The van der Waals surface area contributed by atoms with E-state index in [0.717, 1.165) is 22.0 Å². The molecule has 0 atom stereocenters. The Kier molecular flexibility index (Phi) is 4.45. The summed E-state index contributed by atoms with van der Waals surface area (Å²) in [5, 5.41) is 15.4. The van der Waals surface area contributed by atoms with E-state index < -0.39 is 11.9 Å². The minimum atomic E-state index is -4.66. The fourth-order valence-electron chi connectivity index (χ4n) is 3.23. The number of aromatic nitrogens is 6. The van der Waals surface area contributed by atoms with E-state index in [-0.39, 0.29) is 11.4 Å². The third kappa shape index (κ3) is 3.39. The molecule has 0 amide bonds. The van der Waals surface area contributed by atoms with Crippen LogP contribution in [0.4, 0.5) is 13.2 Å². The molecule has 0 aliphatic carbocycles. The van der Waals surface area contributed by atoms with Crippen molar-refractivity contribution in [1.29, 1.82) is 0 Å². The zero-order chi connectivity index (χ0) is 20.8. The molecule has 9 heteroatoms. The molecule has 148 valence electrons. The summed E-state index contributed by atoms with van der Waals surface area (Å²) in [6, 6.07) is 12.4. The highest BCUT2D eigenvalue weighted by atomic mass is 19.4. The minimum Gasteiger partial charge on any atom is -0.228 e. The molecular weight excluding hydrogens is 381 g/mol. The molecule has 4 aromatic rings. The van der Waals surface area contributed by atoms with Crippen LogP contribution in [-0.4, -0.2) is 30.0 Å². The standard InChI is InChI=1S/C20H17F3N6/c1-12-4-7-15(8-5-12)28-19(25-26-27-28)16-11-24-29(18(16)20(21,22)23)17-9-6-13(2)10-14(17)3/h4-11H,1-3H3. The number of hydrogen-bond donors (Lipinski definition) is 0. The first-order valence-electron chi connectivity index (χ1n) is 8.84. The molecule has 6 nitrogen and oxygen atoms in total. The van der Waals surface area contributed by atoms with Crippen molar-refractivity contribution >= 4 is 0 Å². The number of hydrogen-bond acceptors (Lipinski definition) is 4.